The topological polar surface area (TPSA) is 79.4 Å². The van der Waals surface area contributed by atoms with Gasteiger partial charge >= 0.3 is 0 Å². The Balaban J connectivity index is 1.68. The molecule has 1 amide bonds. The molecule has 1 fully saturated rings. The number of aryl methyl sites for hydroxylation is 1. The fourth-order valence-electron chi connectivity index (χ4n) is 2.62. The monoisotopic (exact) mass is 365 g/mol. The second-order valence-electron chi connectivity index (χ2n) is 5.71. The zero-order valence-electron chi connectivity index (χ0n) is 13.4. The van der Waals surface area contributed by atoms with E-state index in [0.29, 0.717) is 11.3 Å². The Morgan fingerprint density at radius 2 is 1.92 bits per heavy atom. The first-order valence-corrected chi connectivity index (χ1v) is 10.1. The molecule has 0 saturated carbocycles. The third kappa shape index (κ3) is 3.82. The van der Waals surface area contributed by atoms with Gasteiger partial charge in [-0.2, -0.15) is 0 Å². The summed E-state index contributed by atoms with van der Waals surface area (Å²) in [7, 11) is -3.62. The fraction of sp³-hybridized carbons (Fsp3) is 0.375. The first-order valence-electron chi connectivity index (χ1n) is 7.76. The molecule has 2 aromatic rings. The predicted octanol–water partition coefficient (Wildman–Crippen LogP) is 2.17. The lowest BCUT2D eigenvalue weighted by atomic mass is 10.2. The van der Waals surface area contributed by atoms with Crippen molar-refractivity contribution in [2.75, 3.05) is 13.1 Å². The number of nitrogens with zero attached hydrogens (tertiary/aromatic N) is 2. The van der Waals surface area contributed by atoms with Crippen LogP contribution < -0.4 is 4.72 Å². The van der Waals surface area contributed by atoms with E-state index in [4.69, 9.17) is 0 Å². The van der Waals surface area contributed by atoms with E-state index in [-0.39, 0.29) is 17.3 Å². The van der Waals surface area contributed by atoms with Crippen LogP contribution in [0.15, 0.2) is 34.5 Å². The number of carbonyl (C=O) groups excluding carboxylic acids is 1. The summed E-state index contributed by atoms with van der Waals surface area (Å²) in [5.74, 6) is -0.0395. The molecule has 1 aliphatic heterocycles. The highest BCUT2D eigenvalue weighted by Gasteiger charge is 2.20. The molecule has 1 N–H and O–H groups in total. The summed E-state index contributed by atoms with van der Waals surface area (Å²) in [6, 6.07) is 6.08. The molecule has 128 valence electrons. The summed E-state index contributed by atoms with van der Waals surface area (Å²) < 4.78 is 27.2. The Hall–Kier alpha value is -1.77. The molecular weight excluding hydrogens is 346 g/mol. The number of hydrogen-bond acceptors (Lipinski definition) is 5. The number of likely N-dealkylation sites (tertiary alicyclic amines) is 1. The molecule has 1 saturated heterocycles. The van der Waals surface area contributed by atoms with Gasteiger partial charge in [0.25, 0.3) is 5.91 Å². The van der Waals surface area contributed by atoms with E-state index in [1.165, 1.54) is 23.5 Å². The van der Waals surface area contributed by atoms with Crippen LogP contribution in [0.2, 0.25) is 0 Å². The molecule has 1 aromatic heterocycles. The van der Waals surface area contributed by atoms with Crippen LogP contribution in [0, 0.1) is 6.92 Å². The fourth-order valence-corrected chi connectivity index (χ4v) is 4.23. The number of carbonyl (C=O) groups is 1. The maximum Gasteiger partial charge on any atom is 0.253 e. The lowest BCUT2D eigenvalue weighted by molar-refractivity contribution is 0.0792. The zero-order valence-corrected chi connectivity index (χ0v) is 15.0. The van der Waals surface area contributed by atoms with E-state index < -0.39 is 10.0 Å². The zero-order chi connectivity index (χ0) is 17.2. The van der Waals surface area contributed by atoms with Crippen molar-refractivity contribution in [2.45, 2.75) is 31.2 Å². The van der Waals surface area contributed by atoms with Gasteiger partial charge in [0.05, 0.1) is 22.1 Å². The molecule has 0 atom stereocenters. The summed E-state index contributed by atoms with van der Waals surface area (Å²) >= 11 is 1.48. The summed E-state index contributed by atoms with van der Waals surface area (Å²) in [5, 5.41) is 2.73. The maximum absolute atomic E-state index is 12.3. The van der Waals surface area contributed by atoms with Gasteiger partial charge < -0.3 is 4.90 Å². The Labute approximate surface area is 145 Å². The molecule has 1 aliphatic rings. The minimum absolute atomic E-state index is 0.0395. The molecule has 0 unspecified atom stereocenters. The molecule has 0 spiro atoms. The smallest absolute Gasteiger partial charge is 0.253 e. The van der Waals surface area contributed by atoms with Crippen molar-refractivity contribution in [3.05, 3.63) is 45.9 Å². The minimum Gasteiger partial charge on any atom is -0.339 e. The van der Waals surface area contributed by atoms with Crippen LogP contribution in [0.5, 0.6) is 0 Å². The van der Waals surface area contributed by atoms with E-state index in [2.05, 4.69) is 9.71 Å². The molecule has 0 radical (unpaired) electrons. The van der Waals surface area contributed by atoms with Gasteiger partial charge in [0.15, 0.2) is 0 Å². The molecule has 24 heavy (non-hydrogen) atoms. The number of aromatic nitrogens is 1. The van der Waals surface area contributed by atoms with Gasteiger partial charge in [0.2, 0.25) is 10.0 Å². The summed E-state index contributed by atoms with van der Waals surface area (Å²) in [4.78, 5) is 18.4. The number of thiazole rings is 1. The first-order chi connectivity index (χ1) is 11.5. The van der Waals surface area contributed by atoms with Crippen LogP contribution in [0.1, 0.15) is 33.9 Å². The Morgan fingerprint density at radius 1 is 1.25 bits per heavy atom. The van der Waals surface area contributed by atoms with Gasteiger partial charge in [-0.05, 0) is 44.0 Å². The molecular formula is C16H19N3O3S2. The third-order valence-electron chi connectivity index (χ3n) is 3.91. The summed E-state index contributed by atoms with van der Waals surface area (Å²) in [6.07, 6.45) is 2.05. The largest absolute Gasteiger partial charge is 0.339 e. The van der Waals surface area contributed by atoms with Crippen LogP contribution in [0.4, 0.5) is 0 Å². The highest BCUT2D eigenvalue weighted by molar-refractivity contribution is 7.89. The van der Waals surface area contributed by atoms with Gasteiger partial charge in [-0.15, -0.1) is 11.3 Å². The van der Waals surface area contributed by atoms with Crippen molar-refractivity contribution >= 4 is 27.3 Å². The van der Waals surface area contributed by atoms with Gasteiger partial charge in [-0.3, -0.25) is 4.79 Å². The number of benzene rings is 1. The van der Waals surface area contributed by atoms with Crippen LogP contribution in [-0.2, 0) is 16.6 Å². The van der Waals surface area contributed by atoms with Gasteiger partial charge in [0.1, 0.15) is 0 Å². The lowest BCUT2D eigenvalue weighted by Gasteiger charge is -2.15. The minimum atomic E-state index is -3.62. The highest BCUT2D eigenvalue weighted by atomic mass is 32.2. The normalized spacial score (nSPS) is 15.0. The van der Waals surface area contributed by atoms with Crippen LogP contribution in [0.3, 0.4) is 0 Å². The Kier molecular flexibility index (Phi) is 4.98. The van der Waals surface area contributed by atoms with Crippen LogP contribution in [0.25, 0.3) is 0 Å². The van der Waals surface area contributed by atoms with Crippen molar-refractivity contribution < 1.29 is 13.2 Å². The van der Waals surface area contributed by atoms with Crippen molar-refractivity contribution in [3.8, 4) is 0 Å². The average Bonchev–Trinajstić information content (AvgIpc) is 3.24. The molecule has 8 heteroatoms. The number of rotatable bonds is 5. The number of hydrogen-bond donors (Lipinski definition) is 1. The van der Waals surface area contributed by atoms with E-state index in [9.17, 15) is 13.2 Å². The third-order valence-corrected chi connectivity index (χ3v) is 6.15. The van der Waals surface area contributed by atoms with Crippen molar-refractivity contribution in [1.29, 1.82) is 0 Å². The number of amides is 1. The van der Waals surface area contributed by atoms with Gasteiger partial charge in [0, 0.05) is 24.0 Å². The van der Waals surface area contributed by atoms with Crippen molar-refractivity contribution in [2.24, 2.45) is 0 Å². The Morgan fingerprint density at radius 3 is 2.50 bits per heavy atom. The quantitative estimate of drug-likeness (QED) is 0.881. The highest BCUT2D eigenvalue weighted by Crippen LogP contribution is 2.16. The van der Waals surface area contributed by atoms with E-state index in [0.717, 1.165) is 30.9 Å². The van der Waals surface area contributed by atoms with E-state index >= 15 is 0 Å². The van der Waals surface area contributed by atoms with Crippen molar-refractivity contribution in [3.63, 3.8) is 0 Å². The molecule has 3 rings (SSSR count). The summed E-state index contributed by atoms with van der Waals surface area (Å²) in [5.41, 5.74) is 1.22. The van der Waals surface area contributed by atoms with Crippen LogP contribution >= 0.6 is 11.3 Å². The molecule has 0 bridgehead atoms. The van der Waals surface area contributed by atoms with E-state index in [1.807, 2.05) is 12.3 Å². The second-order valence-corrected chi connectivity index (χ2v) is 8.54. The molecule has 0 aliphatic carbocycles. The standard InChI is InChI=1S/C16H19N3O3S2/c1-12-18-14(11-23-12)10-17-24(21,22)15-6-4-13(5-7-15)16(20)19-8-2-3-9-19/h4-7,11,17H,2-3,8-10H2,1H3. The van der Waals surface area contributed by atoms with Crippen molar-refractivity contribution in [1.82, 2.24) is 14.6 Å². The Bertz CT molecular complexity index is 823. The van der Waals surface area contributed by atoms with Crippen LogP contribution in [-0.4, -0.2) is 37.3 Å². The lowest BCUT2D eigenvalue weighted by Crippen LogP contribution is -2.27. The second kappa shape index (κ2) is 7.00. The first kappa shape index (κ1) is 17.1. The van der Waals surface area contributed by atoms with Gasteiger partial charge in [-0.25, -0.2) is 18.1 Å². The maximum atomic E-state index is 12.3. The van der Waals surface area contributed by atoms with Gasteiger partial charge in [-0.1, -0.05) is 0 Å². The average molecular weight is 365 g/mol. The predicted molar refractivity (Wildman–Crippen MR) is 92.5 cm³/mol. The SMILES string of the molecule is Cc1nc(CNS(=O)(=O)c2ccc(C(=O)N3CCCC3)cc2)cs1. The summed E-state index contributed by atoms with van der Waals surface area (Å²) in [6.45, 7) is 3.57. The number of sulfonamides is 1. The molecule has 2 heterocycles. The number of nitrogens with one attached hydrogen (secondary N) is 1. The van der Waals surface area contributed by atoms with E-state index in [1.54, 1.807) is 17.0 Å². The molecule has 1 aromatic carbocycles. The molecule has 6 nitrogen and oxygen atoms in total.